The number of nitrogens with zero attached hydrogens (tertiary/aromatic N) is 2. The number of H-pyrrole nitrogens is 1. The third-order valence-corrected chi connectivity index (χ3v) is 8.39. The van der Waals surface area contributed by atoms with Crippen molar-refractivity contribution in [2.45, 2.75) is 57.4 Å². The Labute approximate surface area is 192 Å². The van der Waals surface area contributed by atoms with E-state index in [1.165, 1.54) is 22.5 Å². The van der Waals surface area contributed by atoms with Crippen molar-refractivity contribution in [1.82, 2.24) is 14.3 Å². The summed E-state index contributed by atoms with van der Waals surface area (Å²) < 4.78 is 48.1. The fourth-order valence-electron chi connectivity index (χ4n) is 4.21. The van der Waals surface area contributed by atoms with Crippen molar-refractivity contribution < 1.29 is 17.5 Å². The standard InChI is InChI=1S/C23H32FN3O5S/c1-26-22(28)25-23(29)27(26)11-3-2-4-12-33(30,31)15-19(17-7-8-17)18-9-10-20(24)21(13-18)32-14-16-5-6-16/h9-10,13,16-17,19H,2-8,11-12,14-15H2,1H3,(H,25,28,29)/t19-/m1/s1. The van der Waals surface area contributed by atoms with Crippen LogP contribution in [-0.2, 0) is 23.4 Å². The average molecular weight is 482 g/mol. The normalized spacial score (nSPS) is 17.3. The van der Waals surface area contributed by atoms with Gasteiger partial charge in [-0.2, -0.15) is 0 Å². The lowest BCUT2D eigenvalue weighted by molar-refractivity contribution is 0.285. The van der Waals surface area contributed by atoms with Crippen LogP contribution in [0.1, 0.15) is 56.4 Å². The quantitative estimate of drug-likeness (QED) is 0.443. The van der Waals surface area contributed by atoms with E-state index in [4.69, 9.17) is 4.74 Å². The molecule has 1 aromatic carbocycles. The Balaban J connectivity index is 1.31. The lowest BCUT2D eigenvalue weighted by Gasteiger charge is -2.18. The first kappa shape index (κ1) is 23.8. The zero-order valence-corrected chi connectivity index (χ0v) is 19.8. The van der Waals surface area contributed by atoms with Crippen LogP contribution in [-0.4, -0.2) is 40.9 Å². The maximum Gasteiger partial charge on any atom is 0.344 e. The number of benzene rings is 1. The van der Waals surface area contributed by atoms with Crippen molar-refractivity contribution >= 4 is 9.84 Å². The smallest absolute Gasteiger partial charge is 0.344 e. The van der Waals surface area contributed by atoms with E-state index in [0.29, 0.717) is 44.2 Å². The Morgan fingerprint density at radius 1 is 1.12 bits per heavy atom. The molecule has 2 saturated carbocycles. The number of aromatic nitrogens is 3. The van der Waals surface area contributed by atoms with Crippen LogP contribution in [0.25, 0.3) is 0 Å². The first-order valence-corrected chi connectivity index (χ1v) is 13.5. The Kier molecular flexibility index (Phi) is 7.11. The molecule has 1 N–H and O–H groups in total. The number of ether oxygens (including phenoxy) is 1. The molecule has 0 amide bonds. The van der Waals surface area contributed by atoms with E-state index in [9.17, 15) is 22.4 Å². The zero-order valence-electron chi connectivity index (χ0n) is 19.0. The highest BCUT2D eigenvalue weighted by Crippen LogP contribution is 2.44. The van der Waals surface area contributed by atoms with Crippen LogP contribution >= 0.6 is 0 Å². The molecule has 0 bridgehead atoms. The van der Waals surface area contributed by atoms with Crippen molar-refractivity contribution in [2.24, 2.45) is 18.9 Å². The van der Waals surface area contributed by atoms with Gasteiger partial charge in [0.15, 0.2) is 21.4 Å². The predicted molar refractivity (Wildman–Crippen MR) is 123 cm³/mol. The van der Waals surface area contributed by atoms with Gasteiger partial charge in [0.1, 0.15) is 0 Å². The molecule has 0 unspecified atom stereocenters. The van der Waals surface area contributed by atoms with Gasteiger partial charge in [0.2, 0.25) is 0 Å². The fourth-order valence-corrected chi connectivity index (χ4v) is 6.03. The summed E-state index contributed by atoms with van der Waals surface area (Å²) in [5, 5.41) is 0. The molecular weight excluding hydrogens is 449 g/mol. The Bertz CT molecular complexity index is 1190. The van der Waals surface area contributed by atoms with Gasteiger partial charge in [0.25, 0.3) is 0 Å². The van der Waals surface area contributed by atoms with Gasteiger partial charge in [-0.3, -0.25) is 4.98 Å². The van der Waals surface area contributed by atoms with Crippen molar-refractivity contribution in [3.8, 4) is 5.75 Å². The second kappa shape index (κ2) is 9.87. The number of aromatic amines is 1. The van der Waals surface area contributed by atoms with Gasteiger partial charge in [-0.15, -0.1) is 0 Å². The molecule has 8 nitrogen and oxygen atoms in total. The van der Waals surface area contributed by atoms with Crippen LogP contribution in [0.4, 0.5) is 4.39 Å². The minimum absolute atomic E-state index is 0.0527. The highest BCUT2D eigenvalue weighted by molar-refractivity contribution is 7.91. The van der Waals surface area contributed by atoms with Crippen LogP contribution in [0, 0.1) is 17.7 Å². The van der Waals surface area contributed by atoms with Crippen LogP contribution in [0.2, 0.25) is 0 Å². The Hall–Kier alpha value is -2.36. The van der Waals surface area contributed by atoms with Crippen LogP contribution < -0.4 is 16.1 Å². The van der Waals surface area contributed by atoms with Gasteiger partial charge in [0, 0.05) is 19.5 Å². The summed E-state index contributed by atoms with van der Waals surface area (Å²) in [6.45, 7) is 0.869. The highest BCUT2D eigenvalue weighted by atomic mass is 32.2. The van der Waals surface area contributed by atoms with Gasteiger partial charge >= 0.3 is 11.4 Å². The van der Waals surface area contributed by atoms with Gasteiger partial charge in [-0.05, 0) is 68.1 Å². The number of hydrogen-bond donors (Lipinski definition) is 1. The SMILES string of the molecule is Cn1c(=O)[nH]c(=O)n1CCCCCS(=O)(=O)C[C@@H](c1ccc(F)c(OCC2CC2)c1)C1CC1. The fraction of sp³-hybridized carbons (Fsp3) is 0.652. The van der Waals surface area contributed by atoms with Gasteiger partial charge in [-0.25, -0.2) is 31.8 Å². The molecule has 33 heavy (non-hydrogen) atoms. The number of nitrogens with one attached hydrogen (secondary N) is 1. The minimum Gasteiger partial charge on any atom is -0.490 e. The molecule has 0 aliphatic heterocycles. The topological polar surface area (TPSA) is 103 Å². The van der Waals surface area contributed by atoms with Gasteiger partial charge in [0.05, 0.1) is 18.1 Å². The summed E-state index contributed by atoms with van der Waals surface area (Å²) >= 11 is 0. The predicted octanol–water partition coefficient (Wildman–Crippen LogP) is 2.58. The van der Waals surface area contributed by atoms with Crippen LogP contribution in [0.3, 0.4) is 0 Å². The van der Waals surface area contributed by atoms with Gasteiger partial charge < -0.3 is 4.74 Å². The first-order valence-electron chi connectivity index (χ1n) is 11.7. The highest BCUT2D eigenvalue weighted by Gasteiger charge is 2.35. The number of halogens is 1. The molecule has 1 atom stereocenters. The molecule has 1 heterocycles. The van der Waals surface area contributed by atoms with E-state index in [0.717, 1.165) is 31.2 Å². The van der Waals surface area contributed by atoms with E-state index in [-0.39, 0.29) is 23.2 Å². The maximum atomic E-state index is 14.2. The summed E-state index contributed by atoms with van der Waals surface area (Å²) in [4.78, 5) is 25.3. The second-order valence-corrected chi connectivity index (χ2v) is 11.7. The van der Waals surface area contributed by atoms with Crippen LogP contribution in [0.5, 0.6) is 5.75 Å². The Morgan fingerprint density at radius 3 is 2.52 bits per heavy atom. The lowest BCUT2D eigenvalue weighted by atomic mass is 9.96. The number of hydrogen-bond acceptors (Lipinski definition) is 5. The monoisotopic (exact) mass is 481 g/mol. The summed E-state index contributed by atoms with van der Waals surface area (Å²) in [6.07, 6.45) is 5.93. The van der Waals surface area contributed by atoms with E-state index in [1.54, 1.807) is 12.1 Å². The van der Waals surface area contributed by atoms with Crippen molar-refractivity contribution in [2.75, 3.05) is 18.1 Å². The lowest BCUT2D eigenvalue weighted by Crippen LogP contribution is -2.24. The number of sulfone groups is 1. The summed E-state index contributed by atoms with van der Waals surface area (Å²) in [7, 11) is -1.78. The molecule has 0 radical (unpaired) electrons. The van der Waals surface area contributed by atoms with Crippen LogP contribution in [0.15, 0.2) is 27.8 Å². The zero-order chi connectivity index (χ0) is 23.6. The van der Waals surface area contributed by atoms with Gasteiger partial charge in [-0.1, -0.05) is 12.5 Å². The molecule has 1 aromatic heterocycles. The van der Waals surface area contributed by atoms with E-state index < -0.39 is 27.0 Å². The van der Waals surface area contributed by atoms with Crippen molar-refractivity contribution in [3.63, 3.8) is 0 Å². The maximum absolute atomic E-state index is 14.2. The summed E-state index contributed by atoms with van der Waals surface area (Å²) in [5.74, 6) is 0.608. The first-order chi connectivity index (χ1) is 15.7. The summed E-state index contributed by atoms with van der Waals surface area (Å²) in [6, 6.07) is 4.77. The van der Waals surface area contributed by atoms with E-state index in [2.05, 4.69) is 4.98 Å². The van der Waals surface area contributed by atoms with E-state index in [1.807, 2.05) is 0 Å². The molecular formula is C23H32FN3O5S. The largest absolute Gasteiger partial charge is 0.490 e. The second-order valence-electron chi connectivity index (χ2n) is 9.45. The molecule has 4 rings (SSSR count). The third-order valence-electron chi connectivity index (χ3n) is 6.61. The molecule has 0 spiro atoms. The average Bonchev–Trinajstić information content (AvgIpc) is 3.67. The summed E-state index contributed by atoms with van der Waals surface area (Å²) in [5.41, 5.74) is -0.0845. The minimum atomic E-state index is -3.29. The molecule has 0 saturated heterocycles. The molecule has 182 valence electrons. The number of rotatable bonds is 13. The third kappa shape index (κ3) is 6.37. The van der Waals surface area contributed by atoms with Crippen molar-refractivity contribution in [1.29, 1.82) is 0 Å². The molecule has 10 heteroatoms. The number of unbranched alkanes of at least 4 members (excludes halogenated alkanes) is 2. The molecule has 2 aromatic rings. The molecule has 2 aliphatic carbocycles. The molecule has 2 fully saturated rings. The van der Waals surface area contributed by atoms with E-state index >= 15 is 0 Å². The van der Waals surface area contributed by atoms with Crippen molar-refractivity contribution in [3.05, 3.63) is 50.5 Å². The molecule has 2 aliphatic rings. The Morgan fingerprint density at radius 2 is 1.88 bits per heavy atom.